The van der Waals surface area contributed by atoms with Crippen molar-refractivity contribution in [3.63, 3.8) is 0 Å². The van der Waals surface area contributed by atoms with Crippen molar-refractivity contribution in [1.82, 2.24) is 0 Å². The topological polar surface area (TPSA) is 9.23 Å². The van der Waals surface area contributed by atoms with Crippen molar-refractivity contribution in [3.8, 4) is 12.3 Å². The van der Waals surface area contributed by atoms with Crippen LogP contribution in [0, 0.1) is 12.3 Å². The molecule has 1 saturated carbocycles. The predicted octanol–water partition coefficient (Wildman–Crippen LogP) is 2.50. The maximum Gasteiger partial charge on any atom is 0.0713 e. The number of hydrogen-bond donors (Lipinski definition) is 0. The third-order valence-corrected chi connectivity index (χ3v) is 2.84. The Labute approximate surface area is 85.1 Å². The van der Waals surface area contributed by atoms with Crippen molar-refractivity contribution in [2.75, 3.05) is 7.11 Å². The number of ether oxygens (including phenoxy) is 1. The molecule has 0 heterocycles. The Balaban J connectivity index is 2.19. The van der Waals surface area contributed by atoms with Gasteiger partial charge in [-0.3, -0.25) is 0 Å². The molecule has 1 aliphatic rings. The van der Waals surface area contributed by atoms with E-state index in [-0.39, 0.29) is 5.41 Å². The molecule has 0 N–H and O–H groups in total. The van der Waals surface area contributed by atoms with Gasteiger partial charge in [0.15, 0.2) is 0 Å². The Morgan fingerprint density at radius 2 is 2.00 bits per heavy atom. The highest BCUT2D eigenvalue weighted by Crippen LogP contribution is 2.47. The van der Waals surface area contributed by atoms with E-state index in [1.165, 1.54) is 11.1 Å². The van der Waals surface area contributed by atoms with Crippen molar-refractivity contribution < 1.29 is 4.74 Å². The number of rotatable bonds is 3. The van der Waals surface area contributed by atoms with Gasteiger partial charge in [-0.15, -0.1) is 6.42 Å². The quantitative estimate of drug-likeness (QED) is 0.659. The summed E-state index contributed by atoms with van der Waals surface area (Å²) in [6.07, 6.45) is 7.79. The Kier molecular flexibility index (Phi) is 2.31. The third-order valence-electron chi connectivity index (χ3n) is 2.84. The highest BCUT2D eigenvalue weighted by Gasteiger charge is 2.42. The van der Waals surface area contributed by atoms with Gasteiger partial charge < -0.3 is 4.74 Å². The molecule has 0 radical (unpaired) electrons. The number of benzene rings is 1. The van der Waals surface area contributed by atoms with Crippen LogP contribution in [0.15, 0.2) is 24.3 Å². The fraction of sp³-hybridized carbons (Fsp3) is 0.385. The molecule has 1 aliphatic carbocycles. The molecule has 14 heavy (non-hydrogen) atoms. The highest BCUT2D eigenvalue weighted by atomic mass is 16.5. The molecule has 0 bridgehead atoms. The van der Waals surface area contributed by atoms with Crippen LogP contribution in [0.25, 0.3) is 0 Å². The second-order valence-electron chi connectivity index (χ2n) is 3.86. The van der Waals surface area contributed by atoms with Crippen LogP contribution in [-0.4, -0.2) is 7.11 Å². The molecule has 1 heteroatoms. The molecule has 0 spiro atoms. The zero-order chi connectivity index (χ0) is 10.0. The van der Waals surface area contributed by atoms with E-state index in [1.807, 2.05) is 0 Å². The molecule has 1 nitrogen and oxygen atoms in total. The lowest BCUT2D eigenvalue weighted by Crippen LogP contribution is -2.02. The first-order valence-corrected chi connectivity index (χ1v) is 4.87. The first kappa shape index (κ1) is 9.30. The number of terminal acetylenes is 1. The van der Waals surface area contributed by atoms with Crippen LogP contribution in [0.5, 0.6) is 0 Å². The van der Waals surface area contributed by atoms with Crippen molar-refractivity contribution in [2.24, 2.45) is 0 Å². The third kappa shape index (κ3) is 1.54. The zero-order valence-corrected chi connectivity index (χ0v) is 8.42. The van der Waals surface area contributed by atoms with Gasteiger partial charge in [0.25, 0.3) is 0 Å². The van der Waals surface area contributed by atoms with E-state index in [0.29, 0.717) is 6.61 Å². The second-order valence-corrected chi connectivity index (χ2v) is 3.86. The monoisotopic (exact) mass is 186 g/mol. The minimum absolute atomic E-state index is 0.0611. The lowest BCUT2D eigenvalue weighted by atomic mass is 9.96. The van der Waals surface area contributed by atoms with E-state index in [0.717, 1.165) is 12.8 Å². The van der Waals surface area contributed by atoms with E-state index >= 15 is 0 Å². The van der Waals surface area contributed by atoms with Crippen molar-refractivity contribution in [2.45, 2.75) is 24.9 Å². The van der Waals surface area contributed by atoms with Crippen LogP contribution < -0.4 is 0 Å². The Morgan fingerprint density at radius 3 is 2.43 bits per heavy atom. The summed E-state index contributed by atoms with van der Waals surface area (Å²) in [5.41, 5.74) is 2.54. The van der Waals surface area contributed by atoms with Gasteiger partial charge in [0.2, 0.25) is 0 Å². The first-order valence-electron chi connectivity index (χ1n) is 4.87. The molecule has 0 aliphatic heterocycles. The predicted molar refractivity (Wildman–Crippen MR) is 56.9 cm³/mol. The van der Waals surface area contributed by atoms with Gasteiger partial charge in [-0.2, -0.15) is 0 Å². The van der Waals surface area contributed by atoms with Crippen LogP contribution in [-0.2, 0) is 16.8 Å². The SMILES string of the molecule is C#CC1(c2ccc(COC)cc2)CC1. The molecule has 1 aromatic rings. The molecule has 72 valence electrons. The molecule has 0 saturated heterocycles. The summed E-state index contributed by atoms with van der Waals surface area (Å²) in [6.45, 7) is 0.670. The molecule has 0 unspecified atom stereocenters. The van der Waals surface area contributed by atoms with Gasteiger partial charge in [-0.05, 0) is 24.0 Å². The van der Waals surface area contributed by atoms with E-state index < -0.39 is 0 Å². The van der Waals surface area contributed by atoms with Gasteiger partial charge in [0.05, 0.1) is 12.0 Å². The van der Waals surface area contributed by atoms with Crippen molar-refractivity contribution in [3.05, 3.63) is 35.4 Å². The molecule has 1 aromatic carbocycles. The van der Waals surface area contributed by atoms with Crippen LogP contribution in [0.2, 0.25) is 0 Å². The van der Waals surface area contributed by atoms with Gasteiger partial charge in [0.1, 0.15) is 0 Å². The summed E-state index contributed by atoms with van der Waals surface area (Å²) < 4.78 is 5.06. The van der Waals surface area contributed by atoms with Crippen LogP contribution in [0.1, 0.15) is 24.0 Å². The summed E-state index contributed by atoms with van der Waals surface area (Å²) in [5.74, 6) is 2.89. The summed E-state index contributed by atoms with van der Waals surface area (Å²) in [6, 6.07) is 8.44. The largest absolute Gasteiger partial charge is 0.380 e. The molecule has 0 aromatic heterocycles. The number of methoxy groups -OCH3 is 1. The van der Waals surface area contributed by atoms with Crippen LogP contribution >= 0.6 is 0 Å². The van der Waals surface area contributed by atoms with E-state index in [2.05, 4.69) is 30.2 Å². The van der Waals surface area contributed by atoms with E-state index in [9.17, 15) is 0 Å². The zero-order valence-electron chi connectivity index (χ0n) is 8.42. The van der Waals surface area contributed by atoms with E-state index in [4.69, 9.17) is 11.2 Å². The lowest BCUT2D eigenvalue weighted by molar-refractivity contribution is 0.185. The molecular weight excluding hydrogens is 172 g/mol. The average molecular weight is 186 g/mol. The molecule has 0 amide bonds. The summed E-state index contributed by atoms with van der Waals surface area (Å²) in [5, 5.41) is 0. The van der Waals surface area contributed by atoms with Crippen LogP contribution in [0.3, 0.4) is 0 Å². The van der Waals surface area contributed by atoms with Gasteiger partial charge in [0, 0.05) is 7.11 Å². The maximum atomic E-state index is 5.52. The lowest BCUT2D eigenvalue weighted by Gasteiger charge is -2.08. The first-order chi connectivity index (χ1) is 6.80. The summed E-state index contributed by atoms with van der Waals surface area (Å²) in [4.78, 5) is 0. The van der Waals surface area contributed by atoms with Gasteiger partial charge in [-0.1, -0.05) is 30.2 Å². The van der Waals surface area contributed by atoms with E-state index in [1.54, 1.807) is 7.11 Å². The Hall–Kier alpha value is -1.26. The average Bonchev–Trinajstić information content (AvgIpc) is 3.00. The molecule has 2 rings (SSSR count). The highest BCUT2D eigenvalue weighted by molar-refractivity contribution is 5.41. The second kappa shape index (κ2) is 3.48. The minimum Gasteiger partial charge on any atom is -0.380 e. The van der Waals surface area contributed by atoms with Gasteiger partial charge in [-0.25, -0.2) is 0 Å². The fourth-order valence-electron chi connectivity index (χ4n) is 1.73. The fourth-order valence-corrected chi connectivity index (χ4v) is 1.73. The standard InChI is InChI=1S/C13H14O/c1-3-13(8-9-13)12-6-4-11(5-7-12)10-14-2/h1,4-7H,8-10H2,2H3. The van der Waals surface area contributed by atoms with Crippen molar-refractivity contribution >= 4 is 0 Å². The smallest absolute Gasteiger partial charge is 0.0713 e. The molecule has 0 atom stereocenters. The summed E-state index contributed by atoms with van der Waals surface area (Å²) in [7, 11) is 1.71. The molecular formula is C13H14O. The normalized spacial score (nSPS) is 17.4. The Morgan fingerprint density at radius 1 is 1.36 bits per heavy atom. The van der Waals surface area contributed by atoms with Crippen molar-refractivity contribution in [1.29, 1.82) is 0 Å². The Bertz CT molecular complexity index is 352. The minimum atomic E-state index is 0.0611. The summed E-state index contributed by atoms with van der Waals surface area (Å²) >= 11 is 0. The van der Waals surface area contributed by atoms with Crippen LogP contribution in [0.4, 0.5) is 0 Å². The number of hydrogen-bond acceptors (Lipinski definition) is 1. The van der Waals surface area contributed by atoms with Gasteiger partial charge >= 0.3 is 0 Å². The maximum absolute atomic E-state index is 5.52. The molecule has 1 fully saturated rings.